The molecule has 0 spiro atoms. The van der Waals surface area contributed by atoms with Gasteiger partial charge in [0.1, 0.15) is 0 Å². The van der Waals surface area contributed by atoms with E-state index in [-0.39, 0.29) is 0 Å². The van der Waals surface area contributed by atoms with E-state index in [4.69, 9.17) is 10.3 Å². The van der Waals surface area contributed by atoms with Crippen molar-refractivity contribution in [1.29, 1.82) is 0 Å². The Balaban J connectivity index is 1.92. The fourth-order valence-corrected chi connectivity index (χ4v) is 2.55. The summed E-state index contributed by atoms with van der Waals surface area (Å²) >= 11 is 0. The molecule has 2 aromatic rings. The second kappa shape index (κ2) is 4.82. The Morgan fingerprint density at radius 3 is 2.67 bits per heavy atom. The van der Waals surface area contributed by atoms with Crippen LogP contribution in [0.15, 0.2) is 35.0 Å². The quantitative estimate of drug-likeness (QED) is 0.900. The largest absolute Gasteiger partial charge is 0.367 e. The topological polar surface area (TPSA) is 55.3 Å². The molecule has 1 aromatic carbocycles. The first kappa shape index (κ1) is 11.3. The molecule has 0 amide bonds. The van der Waals surface area contributed by atoms with Crippen molar-refractivity contribution < 1.29 is 4.52 Å². The summed E-state index contributed by atoms with van der Waals surface area (Å²) in [6, 6.07) is 8.32. The minimum Gasteiger partial charge on any atom is -0.367 e. The van der Waals surface area contributed by atoms with Crippen LogP contribution in [0.3, 0.4) is 0 Å². The molecule has 1 aliphatic heterocycles. The SMILES string of the molecule is Nc1oncc1-c1ccccc1CN1CCCC1. The molecule has 3 rings (SSSR count). The molecule has 94 valence electrons. The number of likely N-dealkylation sites (tertiary alicyclic amines) is 1. The van der Waals surface area contributed by atoms with Crippen molar-refractivity contribution in [3.8, 4) is 11.1 Å². The van der Waals surface area contributed by atoms with Crippen LogP contribution < -0.4 is 5.73 Å². The lowest BCUT2D eigenvalue weighted by Gasteiger charge is -2.16. The van der Waals surface area contributed by atoms with Gasteiger partial charge in [-0.05, 0) is 37.1 Å². The predicted octanol–water partition coefficient (Wildman–Crippen LogP) is 2.52. The summed E-state index contributed by atoms with van der Waals surface area (Å²) in [5.74, 6) is 0.392. The van der Waals surface area contributed by atoms with Gasteiger partial charge in [-0.1, -0.05) is 29.4 Å². The van der Waals surface area contributed by atoms with Gasteiger partial charge in [0.25, 0.3) is 0 Å². The molecule has 0 unspecified atom stereocenters. The molecule has 2 N–H and O–H groups in total. The van der Waals surface area contributed by atoms with Gasteiger partial charge >= 0.3 is 0 Å². The maximum absolute atomic E-state index is 5.81. The van der Waals surface area contributed by atoms with E-state index in [9.17, 15) is 0 Å². The van der Waals surface area contributed by atoms with Gasteiger partial charge in [-0.2, -0.15) is 0 Å². The van der Waals surface area contributed by atoms with Crippen LogP contribution in [0.1, 0.15) is 18.4 Å². The van der Waals surface area contributed by atoms with Gasteiger partial charge in [-0.15, -0.1) is 0 Å². The summed E-state index contributed by atoms with van der Waals surface area (Å²) < 4.78 is 4.96. The van der Waals surface area contributed by atoms with Crippen LogP contribution in [0.2, 0.25) is 0 Å². The minimum atomic E-state index is 0.392. The third-order valence-electron chi connectivity index (χ3n) is 3.50. The lowest BCUT2D eigenvalue weighted by Crippen LogP contribution is -2.18. The zero-order chi connectivity index (χ0) is 12.4. The van der Waals surface area contributed by atoms with Gasteiger partial charge in [-0.25, -0.2) is 0 Å². The molecule has 1 aliphatic rings. The smallest absolute Gasteiger partial charge is 0.229 e. The molecule has 1 aromatic heterocycles. The first-order valence-corrected chi connectivity index (χ1v) is 6.35. The highest BCUT2D eigenvalue weighted by atomic mass is 16.5. The Morgan fingerprint density at radius 1 is 1.17 bits per heavy atom. The fourth-order valence-electron chi connectivity index (χ4n) is 2.55. The number of nitrogen functional groups attached to an aromatic ring is 1. The Bertz CT molecular complexity index is 529. The predicted molar refractivity (Wildman–Crippen MR) is 70.9 cm³/mol. The third-order valence-corrected chi connectivity index (χ3v) is 3.50. The molecule has 2 heterocycles. The maximum atomic E-state index is 5.81. The van der Waals surface area contributed by atoms with Crippen molar-refractivity contribution >= 4 is 5.88 Å². The van der Waals surface area contributed by atoms with E-state index in [0.29, 0.717) is 5.88 Å². The molecule has 0 aliphatic carbocycles. The summed E-state index contributed by atoms with van der Waals surface area (Å²) in [4.78, 5) is 2.47. The first-order valence-electron chi connectivity index (χ1n) is 6.35. The van der Waals surface area contributed by atoms with E-state index in [1.54, 1.807) is 6.20 Å². The zero-order valence-electron chi connectivity index (χ0n) is 10.3. The highest BCUT2D eigenvalue weighted by Gasteiger charge is 2.16. The average Bonchev–Trinajstić information content (AvgIpc) is 3.02. The lowest BCUT2D eigenvalue weighted by molar-refractivity contribution is 0.332. The Labute approximate surface area is 106 Å². The van der Waals surface area contributed by atoms with E-state index < -0.39 is 0 Å². The molecule has 1 fully saturated rings. The van der Waals surface area contributed by atoms with Crippen LogP contribution in [0.4, 0.5) is 5.88 Å². The van der Waals surface area contributed by atoms with Crippen molar-refractivity contribution in [3.63, 3.8) is 0 Å². The fraction of sp³-hybridized carbons (Fsp3) is 0.357. The second-order valence-corrected chi connectivity index (χ2v) is 4.74. The van der Waals surface area contributed by atoms with Gasteiger partial charge in [0, 0.05) is 6.54 Å². The van der Waals surface area contributed by atoms with Crippen molar-refractivity contribution in [3.05, 3.63) is 36.0 Å². The van der Waals surface area contributed by atoms with Crippen molar-refractivity contribution in [1.82, 2.24) is 10.1 Å². The van der Waals surface area contributed by atoms with E-state index in [0.717, 1.165) is 17.7 Å². The van der Waals surface area contributed by atoms with Crippen LogP contribution in [0.25, 0.3) is 11.1 Å². The number of nitrogens with zero attached hydrogens (tertiary/aromatic N) is 2. The van der Waals surface area contributed by atoms with E-state index in [2.05, 4.69) is 28.3 Å². The number of hydrogen-bond donors (Lipinski definition) is 1. The maximum Gasteiger partial charge on any atom is 0.229 e. The molecular weight excluding hydrogens is 226 g/mol. The Kier molecular flexibility index (Phi) is 3.02. The van der Waals surface area contributed by atoms with Gasteiger partial charge in [-0.3, -0.25) is 4.90 Å². The molecule has 18 heavy (non-hydrogen) atoms. The Hall–Kier alpha value is -1.81. The highest BCUT2D eigenvalue weighted by molar-refractivity contribution is 5.74. The van der Waals surface area contributed by atoms with Gasteiger partial charge in [0.15, 0.2) is 0 Å². The molecule has 0 saturated carbocycles. The average molecular weight is 243 g/mol. The molecule has 0 atom stereocenters. The lowest BCUT2D eigenvalue weighted by atomic mass is 10.0. The normalized spacial score (nSPS) is 16.2. The standard InChI is InChI=1S/C14H17N3O/c15-14-13(9-16-18-14)12-6-2-1-5-11(12)10-17-7-3-4-8-17/h1-2,5-6,9H,3-4,7-8,10,15H2. The molecule has 0 bridgehead atoms. The number of benzene rings is 1. The van der Waals surface area contributed by atoms with Crippen LogP contribution >= 0.6 is 0 Å². The van der Waals surface area contributed by atoms with Gasteiger partial charge in [0.05, 0.1) is 11.8 Å². The first-order chi connectivity index (χ1) is 8.84. The van der Waals surface area contributed by atoms with Crippen LogP contribution in [0.5, 0.6) is 0 Å². The molecule has 4 heteroatoms. The van der Waals surface area contributed by atoms with Gasteiger partial charge in [0.2, 0.25) is 5.88 Å². The minimum absolute atomic E-state index is 0.392. The van der Waals surface area contributed by atoms with Crippen LogP contribution in [-0.2, 0) is 6.54 Å². The van der Waals surface area contributed by atoms with Crippen LogP contribution in [-0.4, -0.2) is 23.1 Å². The van der Waals surface area contributed by atoms with Crippen LogP contribution in [0, 0.1) is 0 Å². The van der Waals surface area contributed by atoms with Crippen molar-refractivity contribution in [2.75, 3.05) is 18.8 Å². The molecule has 4 nitrogen and oxygen atoms in total. The number of nitrogens with two attached hydrogens (primary N) is 1. The van der Waals surface area contributed by atoms with E-state index in [1.165, 1.54) is 31.5 Å². The molecule has 1 saturated heterocycles. The number of anilines is 1. The van der Waals surface area contributed by atoms with Crippen molar-refractivity contribution in [2.24, 2.45) is 0 Å². The molecule has 0 radical (unpaired) electrons. The highest BCUT2D eigenvalue weighted by Crippen LogP contribution is 2.29. The number of aromatic nitrogens is 1. The summed E-state index contributed by atoms with van der Waals surface area (Å²) in [7, 11) is 0. The third kappa shape index (κ3) is 2.11. The zero-order valence-corrected chi connectivity index (χ0v) is 10.3. The van der Waals surface area contributed by atoms with Gasteiger partial charge < -0.3 is 10.3 Å². The molecular formula is C14H17N3O. The summed E-state index contributed by atoms with van der Waals surface area (Å²) in [6.45, 7) is 3.35. The van der Waals surface area contributed by atoms with Crippen molar-refractivity contribution in [2.45, 2.75) is 19.4 Å². The number of hydrogen-bond acceptors (Lipinski definition) is 4. The second-order valence-electron chi connectivity index (χ2n) is 4.74. The summed E-state index contributed by atoms with van der Waals surface area (Å²) in [5.41, 5.74) is 9.11. The summed E-state index contributed by atoms with van der Waals surface area (Å²) in [5, 5.41) is 3.76. The summed E-state index contributed by atoms with van der Waals surface area (Å²) in [6.07, 6.45) is 4.30. The monoisotopic (exact) mass is 243 g/mol. The van der Waals surface area contributed by atoms with E-state index >= 15 is 0 Å². The van der Waals surface area contributed by atoms with E-state index in [1.807, 2.05) is 6.07 Å². The number of rotatable bonds is 3. The Morgan fingerprint density at radius 2 is 1.94 bits per heavy atom.